The molecule has 1 aliphatic carbocycles. The molecule has 0 spiro atoms. The molecule has 288 valence electrons. The molecule has 2 saturated heterocycles. The number of piperidine rings is 2. The van der Waals surface area contributed by atoms with Gasteiger partial charge in [-0.2, -0.15) is 23.4 Å². The van der Waals surface area contributed by atoms with Crippen LogP contribution in [0.5, 0.6) is 0 Å². The van der Waals surface area contributed by atoms with Crippen molar-refractivity contribution < 1.29 is 36.3 Å². The lowest BCUT2D eigenvalue weighted by Crippen LogP contribution is -2.49. The summed E-state index contributed by atoms with van der Waals surface area (Å²) in [6, 6.07) is 9.73. The van der Waals surface area contributed by atoms with Gasteiger partial charge in [0, 0.05) is 35.6 Å². The molecule has 2 atom stereocenters. The Morgan fingerprint density at radius 1 is 1.02 bits per heavy atom. The maximum absolute atomic E-state index is 16.1. The number of carbonyl (C=O) groups excluding carboxylic acids is 3. The number of hydrogen-bond donors (Lipinski definition) is 2. The maximum atomic E-state index is 16.1. The van der Waals surface area contributed by atoms with Crippen LogP contribution in [0.15, 0.2) is 55.0 Å². The molecule has 5 aromatic rings. The van der Waals surface area contributed by atoms with E-state index in [9.17, 15) is 27.6 Å². The standard InChI is InChI=1S/C38H38F5N9O3/c1-21-34-26(3-2-4-30(34)52(48-21)31-11-12-33(53)47-36(31)55)27-13-14-50(20-37(27,39)40)18-22-5-8-25(9-6-22)51-19-23-15-24(7-10-28(23)49-51)45-35(54)29-16-44-17-32(46-29)38(41,42)43/h2-4,7,10,15-17,19,22,25,27,31H,5-6,8-9,11-14,18,20H2,1H3,(H,45,54)(H,47,53,55)/t22?,25?,27-,31?/m0/s1. The summed E-state index contributed by atoms with van der Waals surface area (Å²) in [4.78, 5) is 45.7. The van der Waals surface area contributed by atoms with Crippen LogP contribution in [-0.2, 0) is 15.8 Å². The Hall–Kier alpha value is -5.32. The Morgan fingerprint density at radius 3 is 2.56 bits per heavy atom. The van der Waals surface area contributed by atoms with E-state index in [4.69, 9.17) is 5.10 Å². The number of fused-ring (bicyclic) bond motifs is 2. The maximum Gasteiger partial charge on any atom is 0.434 e. The van der Waals surface area contributed by atoms with E-state index in [1.54, 1.807) is 48.0 Å². The van der Waals surface area contributed by atoms with Crippen LogP contribution in [0.1, 0.15) is 90.4 Å². The number of likely N-dealkylation sites (tertiary alicyclic amines) is 1. The summed E-state index contributed by atoms with van der Waals surface area (Å²) >= 11 is 0. The molecule has 3 aromatic heterocycles. The van der Waals surface area contributed by atoms with Gasteiger partial charge in [-0.05, 0) is 87.7 Å². The SMILES string of the molecule is Cc1nn(C2CCC(=O)NC2=O)c2cccc([C@@H]3CCN(CC4CCC(n5cc6cc(NC(=O)c7cncc(C(F)(F)F)n7)ccc6n5)CC4)CC3(F)F)c12. The number of anilines is 1. The number of benzene rings is 2. The average molecular weight is 764 g/mol. The van der Waals surface area contributed by atoms with Crippen LogP contribution in [0.4, 0.5) is 27.6 Å². The minimum Gasteiger partial charge on any atom is -0.321 e. The van der Waals surface area contributed by atoms with E-state index in [2.05, 4.69) is 25.7 Å². The van der Waals surface area contributed by atoms with Crippen LogP contribution in [0, 0.1) is 12.8 Å². The van der Waals surface area contributed by atoms with Crippen molar-refractivity contribution in [3.63, 3.8) is 0 Å². The normalized spacial score (nSPS) is 23.6. The number of nitrogens with zero attached hydrogens (tertiary/aromatic N) is 7. The Morgan fingerprint density at radius 2 is 1.82 bits per heavy atom. The Labute approximate surface area is 311 Å². The summed E-state index contributed by atoms with van der Waals surface area (Å²) in [6.45, 7) is 2.52. The van der Waals surface area contributed by atoms with Crippen LogP contribution >= 0.6 is 0 Å². The number of aryl methyl sites for hydroxylation is 1. The third-order valence-corrected chi connectivity index (χ3v) is 11.1. The lowest BCUT2D eigenvalue weighted by Gasteiger charge is -2.41. The second kappa shape index (κ2) is 14.1. The summed E-state index contributed by atoms with van der Waals surface area (Å²) in [7, 11) is 0. The topological polar surface area (TPSA) is 140 Å². The second-order valence-corrected chi connectivity index (χ2v) is 14.9. The molecule has 0 radical (unpaired) electrons. The first-order valence-electron chi connectivity index (χ1n) is 18.3. The van der Waals surface area contributed by atoms with Crippen LogP contribution in [0.25, 0.3) is 21.8 Å². The number of carbonyl (C=O) groups is 3. The molecular formula is C38H38F5N9O3. The first-order chi connectivity index (χ1) is 26.2. The van der Waals surface area contributed by atoms with Gasteiger partial charge in [-0.25, -0.2) is 13.8 Å². The van der Waals surface area contributed by atoms with Gasteiger partial charge in [0.1, 0.15) is 11.7 Å². The number of halogens is 5. The van der Waals surface area contributed by atoms with Crippen LogP contribution < -0.4 is 10.6 Å². The number of imide groups is 1. The van der Waals surface area contributed by atoms with Gasteiger partial charge in [0.05, 0.1) is 47.6 Å². The van der Waals surface area contributed by atoms with Gasteiger partial charge < -0.3 is 5.32 Å². The van der Waals surface area contributed by atoms with Crippen LogP contribution in [-0.4, -0.2) is 77.7 Å². The predicted octanol–water partition coefficient (Wildman–Crippen LogP) is 6.59. The summed E-state index contributed by atoms with van der Waals surface area (Å²) < 4.78 is 74.7. The fourth-order valence-corrected chi connectivity index (χ4v) is 8.47. The Balaban J connectivity index is 0.878. The molecule has 2 aliphatic heterocycles. The highest BCUT2D eigenvalue weighted by Gasteiger charge is 2.47. The molecule has 3 aliphatic rings. The van der Waals surface area contributed by atoms with E-state index in [1.165, 1.54) is 0 Å². The second-order valence-electron chi connectivity index (χ2n) is 14.9. The lowest BCUT2D eigenvalue weighted by atomic mass is 9.82. The van der Waals surface area contributed by atoms with Crippen molar-refractivity contribution in [2.45, 2.75) is 82.0 Å². The van der Waals surface area contributed by atoms with Gasteiger partial charge in [0.25, 0.3) is 17.7 Å². The fraction of sp³-hybridized carbons (Fsp3) is 0.447. The van der Waals surface area contributed by atoms with Gasteiger partial charge in [0.2, 0.25) is 5.91 Å². The monoisotopic (exact) mass is 763 g/mol. The zero-order valence-corrected chi connectivity index (χ0v) is 29.8. The number of nitrogens with one attached hydrogen (secondary N) is 2. The van der Waals surface area contributed by atoms with E-state index < -0.39 is 47.3 Å². The zero-order chi connectivity index (χ0) is 38.6. The zero-order valence-electron chi connectivity index (χ0n) is 29.8. The van der Waals surface area contributed by atoms with E-state index in [1.807, 2.05) is 15.8 Å². The van der Waals surface area contributed by atoms with Gasteiger partial charge in [-0.15, -0.1) is 0 Å². The fourth-order valence-electron chi connectivity index (χ4n) is 8.47. The summed E-state index contributed by atoms with van der Waals surface area (Å²) in [5.74, 6) is -5.32. The molecule has 5 heterocycles. The predicted molar refractivity (Wildman–Crippen MR) is 190 cm³/mol. The molecule has 1 unspecified atom stereocenters. The van der Waals surface area contributed by atoms with E-state index >= 15 is 8.78 Å². The van der Waals surface area contributed by atoms with Crippen molar-refractivity contribution in [2.75, 3.05) is 25.0 Å². The molecule has 17 heteroatoms. The molecule has 8 rings (SSSR count). The highest BCUT2D eigenvalue weighted by molar-refractivity contribution is 6.03. The van der Waals surface area contributed by atoms with Crippen molar-refractivity contribution in [3.05, 3.63) is 77.6 Å². The quantitative estimate of drug-likeness (QED) is 0.140. The molecule has 2 aromatic carbocycles. The molecule has 3 amide bonds. The highest BCUT2D eigenvalue weighted by atomic mass is 19.4. The molecule has 1 saturated carbocycles. The number of rotatable bonds is 7. The third kappa shape index (κ3) is 7.28. The van der Waals surface area contributed by atoms with Crippen molar-refractivity contribution in [1.82, 2.24) is 39.7 Å². The number of amides is 3. The molecule has 2 N–H and O–H groups in total. The first kappa shape index (κ1) is 36.6. The number of aromatic nitrogens is 6. The van der Waals surface area contributed by atoms with Crippen molar-refractivity contribution in [1.29, 1.82) is 0 Å². The smallest absolute Gasteiger partial charge is 0.321 e. The minimum atomic E-state index is -4.73. The Bertz CT molecular complexity index is 2300. The first-order valence-corrected chi connectivity index (χ1v) is 18.3. The number of alkyl halides is 5. The highest BCUT2D eigenvalue weighted by Crippen LogP contribution is 2.45. The van der Waals surface area contributed by atoms with Gasteiger partial charge in [0.15, 0.2) is 5.69 Å². The Kier molecular flexibility index (Phi) is 9.38. The van der Waals surface area contributed by atoms with Crippen molar-refractivity contribution >= 4 is 45.2 Å². The summed E-state index contributed by atoms with van der Waals surface area (Å²) in [5, 5.41) is 15.6. The lowest BCUT2D eigenvalue weighted by molar-refractivity contribution is -0.141. The van der Waals surface area contributed by atoms with Gasteiger partial charge in [-0.3, -0.25) is 38.9 Å². The molecular weight excluding hydrogens is 725 g/mol. The van der Waals surface area contributed by atoms with E-state index in [0.717, 1.165) is 37.3 Å². The van der Waals surface area contributed by atoms with Crippen molar-refractivity contribution in [2.24, 2.45) is 5.92 Å². The average Bonchev–Trinajstić information content (AvgIpc) is 3.72. The summed E-state index contributed by atoms with van der Waals surface area (Å²) in [6.07, 6.45) is 2.79. The van der Waals surface area contributed by atoms with E-state index in [0.29, 0.717) is 59.1 Å². The van der Waals surface area contributed by atoms with Gasteiger partial charge >= 0.3 is 6.18 Å². The largest absolute Gasteiger partial charge is 0.434 e. The molecule has 55 heavy (non-hydrogen) atoms. The molecule has 12 nitrogen and oxygen atoms in total. The van der Waals surface area contributed by atoms with Crippen LogP contribution in [0.2, 0.25) is 0 Å². The van der Waals surface area contributed by atoms with Crippen LogP contribution in [0.3, 0.4) is 0 Å². The summed E-state index contributed by atoms with van der Waals surface area (Å²) in [5.41, 5.74) is 1.07. The van der Waals surface area contributed by atoms with Crippen molar-refractivity contribution in [3.8, 4) is 0 Å². The molecule has 0 bridgehead atoms. The molecule has 3 fully saturated rings. The number of hydrogen-bond acceptors (Lipinski definition) is 8. The third-order valence-electron chi connectivity index (χ3n) is 11.1. The van der Waals surface area contributed by atoms with E-state index in [-0.39, 0.29) is 37.3 Å². The van der Waals surface area contributed by atoms with Gasteiger partial charge in [-0.1, -0.05) is 12.1 Å². The minimum absolute atomic E-state index is 0.110.